The topological polar surface area (TPSA) is 0 Å². The predicted molar refractivity (Wildman–Crippen MR) is 62.1 cm³/mol. The number of alkyl halides is 1. The summed E-state index contributed by atoms with van der Waals surface area (Å²) in [5.74, 6) is 0.496. The molecule has 1 atom stereocenters. The minimum absolute atomic E-state index is 0.383. The lowest BCUT2D eigenvalue weighted by molar-refractivity contribution is 0.559. The molecule has 1 unspecified atom stereocenters. The molecule has 0 spiro atoms. The fraction of sp³-hybridized carbons (Fsp3) is 0.538. The van der Waals surface area contributed by atoms with Crippen molar-refractivity contribution in [1.82, 2.24) is 0 Å². The monoisotopic (exact) mass is 196 g/mol. The van der Waals surface area contributed by atoms with Crippen LogP contribution in [0.25, 0.3) is 0 Å². The molecule has 0 heterocycles. The van der Waals surface area contributed by atoms with E-state index in [1.807, 2.05) is 12.2 Å². The zero-order valence-corrected chi connectivity index (χ0v) is 9.30. The smallest absolute Gasteiger partial charge is 0.108 e. The molecule has 0 fully saturated rings. The van der Waals surface area contributed by atoms with E-state index in [1.165, 1.54) is 5.57 Å². The third-order valence-electron chi connectivity index (χ3n) is 2.25. The summed E-state index contributed by atoms with van der Waals surface area (Å²) in [6, 6.07) is 0. The Labute approximate surface area is 87.2 Å². The fourth-order valence-electron chi connectivity index (χ4n) is 1.53. The van der Waals surface area contributed by atoms with Crippen molar-refractivity contribution < 1.29 is 4.39 Å². The van der Waals surface area contributed by atoms with Crippen LogP contribution in [0, 0.1) is 5.92 Å². The van der Waals surface area contributed by atoms with Crippen molar-refractivity contribution in [2.45, 2.75) is 33.1 Å². The molecule has 0 aliphatic heterocycles. The molecule has 0 N–H and O–H groups in total. The maximum Gasteiger partial charge on any atom is 0.108 e. The summed E-state index contributed by atoms with van der Waals surface area (Å²) in [7, 11) is 0. The molecule has 0 aromatic heterocycles. The molecule has 0 aromatic rings. The van der Waals surface area contributed by atoms with E-state index < -0.39 is 0 Å². The SMILES string of the molecule is C=CCC(CC)C(/C=C\CF)=C/CC. The highest BCUT2D eigenvalue weighted by Crippen LogP contribution is 2.21. The Balaban J connectivity index is 4.51. The zero-order chi connectivity index (χ0) is 10.8. The quantitative estimate of drug-likeness (QED) is 0.417. The highest BCUT2D eigenvalue weighted by atomic mass is 19.1. The highest BCUT2D eigenvalue weighted by Gasteiger charge is 2.06. The van der Waals surface area contributed by atoms with Gasteiger partial charge in [-0.1, -0.05) is 38.2 Å². The zero-order valence-electron chi connectivity index (χ0n) is 9.30. The van der Waals surface area contributed by atoms with Gasteiger partial charge in [-0.15, -0.1) is 6.58 Å². The summed E-state index contributed by atoms with van der Waals surface area (Å²) < 4.78 is 12.0. The molecular formula is C13H21F. The number of rotatable bonds is 7. The summed E-state index contributed by atoms with van der Waals surface area (Å²) in [6.07, 6.45) is 10.6. The maximum atomic E-state index is 12.0. The molecule has 0 rings (SSSR count). The normalized spacial score (nSPS) is 14.6. The van der Waals surface area contributed by atoms with Crippen molar-refractivity contribution in [2.24, 2.45) is 5.92 Å². The van der Waals surface area contributed by atoms with Crippen LogP contribution in [0.15, 0.2) is 36.5 Å². The average Bonchev–Trinajstić information content (AvgIpc) is 2.21. The first kappa shape index (κ1) is 13.2. The van der Waals surface area contributed by atoms with Gasteiger partial charge in [-0.05, 0) is 30.8 Å². The Hall–Kier alpha value is -0.850. The van der Waals surface area contributed by atoms with Crippen LogP contribution in [-0.4, -0.2) is 6.67 Å². The molecule has 1 heteroatoms. The van der Waals surface area contributed by atoms with Crippen molar-refractivity contribution in [1.29, 1.82) is 0 Å². The second-order valence-electron chi connectivity index (χ2n) is 3.30. The first-order valence-electron chi connectivity index (χ1n) is 5.33. The van der Waals surface area contributed by atoms with E-state index in [0.29, 0.717) is 5.92 Å². The molecule has 0 radical (unpaired) electrons. The molecule has 0 aliphatic carbocycles. The molecule has 0 saturated heterocycles. The van der Waals surface area contributed by atoms with Crippen molar-refractivity contribution in [3.63, 3.8) is 0 Å². The second-order valence-corrected chi connectivity index (χ2v) is 3.30. The van der Waals surface area contributed by atoms with Crippen molar-refractivity contribution in [3.05, 3.63) is 36.5 Å². The number of allylic oxidation sites excluding steroid dienone is 5. The van der Waals surface area contributed by atoms with Crippen molar-refractivity contribution in [2.75, 3.05) is 6.67 Å². The van der Waals surface area contributed by atoms with Gasteiger partial charge < -0.3 is 0 Å². The standard InChI is InChI=1S/C13H21F/c1-4-8-12(6-3)13(9-5-2)10-7-11-14/h4,7,9-10,12H,1,5-6,8,11H2,2-3H3/b10-7-,13-9+. The predicted octanol–water partition coefficient (Wildman–Crippen LogP) is 4.45. The lowest BCUT2D eigenvalue weighted by Gasteiger charge is -2.14. The molecule has 0 amide bonds. The van der Waals surface area contributed by atoms with Gasteiger partial charge in [0.2, 0.25) is 0 Å². The molecular weight excluding hydrogens is 175 g/mol. The Morgan fingerprint density at radius 1 is 1.43 bits per heavy atom. The molecule has 14 heavy (non-hydrogen) atoms. The van der Waals surface area contributed by atoms with E-state index in [-0.39, 0.29) is 6.67 Å². The summed E-state index contributed by atoms with van der Waals surface area (Å²) in [5, 5.41) is 0. The second kappa shape index (κ2) is 8.74. The van der Waals surface area contributed by atoms with Crippen LogP contribution in [0.1, 0.15) is 33.1 Å². The molecule has 0 saturated carbocycles. The lowest BCUT2D eigenvalue weighted by atomic mass is 9.92. The summed E-state index contributed by atoms with van der Waals surface area (Å²) in [6.45, 7) is 7.62. The Morgan fingerprint density at radius 2 is 2.14 bits per heavy atom. The minimum atomic E-state index is -0.383. The van der Waals surface area contributed by atoms with E-state index in [1.54, 1.807) is 6.08 Å². The van der Waals surface area contributed by atoms with Gasteiger partial charge in [-0.2, -0.15) is 0 Å². The molecule has 0 aromatic carbocycles. The Morgan fingerprint density at radius 3 is 2.57 bits per heavy atom. The van der Waals surface area contributed by atoms with Crippen LogP contribution in [0.5, 0.6) is 0 Å². The van der Waals surface area contributed by atoms with Crippen LogP contribution >= 0.6 is 0 Å². The number of hydrogen-bond acceptors (Lipinski definition) is 0. The Bertz CT molecular complexity index is 201. The van der Waals surface area contributed by atoms with Gasteiger partial charge >= 0.3 is 0 Å². The van der Waals surface area contributed by atoms with Gasteiger partial charge in [-0.3, -0.25) is 0 Å². The third kappa shape index (κ3) is 5.00. The van der Waals surface area contributed by atoms with Crippen LogP contribution < -0.4 is 0 Å². The van der Waals surface area contributed by atoms with Crippen molar-refractivity contribution in [3.8, 4) is 0 Å². The van der Waals surface area contributed by atoms with E-state index in [0.717, 1.165) is 19.3 Å². The van der Waals surface area contributed by atoms with Crippen LogP contribution in [0.4, 0.5) is 4.39 Å². The lowest BCUT2D eigenvalue weighted by Crippen LogP contribution is -2.00. The van der Waals surface area contributed by atoms with Gasteiger partial charge in [0.05, 0.1) is 0 Å². The minimum Gasteiger partial charge on any atom is -0.247 e. The molecule has 0 nitrogen and oxygen atoms in total. The summed E-state index contributed by atoms with van der Waals surface area (Å²) in [5.41, 5.74) is 1.24. The first-order chi connectivity index (χ1) is 6.79. The first-order valence-corrected chi connectivity index (χ1v) is 5.33. The van der Waals surface area contributed by atoms with Crippen LogP contribution in [-0.2, 0) is 0 Å². The van der Waals surface area contributed by atoms with Gasteiger partial charge in [0.25, 0.3) is 0 Å². The molecule has 80 valence electrons. The van der Waals surface area contributed by atoms with Gasteiger partial charge in [0.1, 0.15) is 6.67 Å². The molecule has 0 aliphatic rings. The van der Waals surface area contributed by atoms with E-state index in [4.69, 9.17) is 0 Å². The highest BCUT2D eigenvalue weighted by molar-refractivity contribution is 5.22. The fourth-order valence-corrected chi connectivity index (χ4v) is 1.53. The van der Waals surface area contributed by atoms with E-state index in [2.05, 4.69) is 26.5 Å². The van der Waals surface area contributed by atoms with E-state index >= 15 is 0 Å². The maximum absolute atomic E-state index is 12.0. The largest absolute Gasteiger partial charge is 0.247 e. The third-order valence-corrected chi connectivity index (χ3v) is 2.25. The molecule has 0 bridgehead atoms. The number of hydrogen-bond donors (Lipinski definition) is 0. The number of halogens is 1. The van der Waals surface area contributed by atoms with Crippen molar-refractivity contribution >= 4 is 0 Å². The van der Waals surface area contributed by atoms with Crippen LogP contribution in [0.3, 0.4) is 0 Å². The summed E-state index contributed by atoms with van der Waals surface area (Å²) in [4.78, 5) is 0. The van der Waals surface area contributed by atoms with Gasteiger partial charge in [0, 0.05) is 0 Å². The van der Waals surface area contributed by atoms with Gasteiger partial charge in [-0.25, -0.2) is 4.39 Å². The Kier molecular flexibility index (Phi) is 8.20. The van der Waals surface area contributed by atoms with E-state index in [9.17, 15) is 4.39 Å². The summed E-state index contributed by atoms with van der Waals surface area (Å²) >= 11 is 0. The average molecular weight is 196 g/mol. The van der Waals surface area contributed by atoms with Crippen LogP contribution in [0.2, 0.25) is 0 Å². The van der Waals surface area contributed by atoms with Gasteiger partial charge in [0.15, 0.2) is 0 Å².